The van der Waals surface area contributed by atoms with Crippen LogP contribution in [0.4, 0.5) is 0 Å². The summed E-state index contributed by atoms with van der Waals surface area (Å²) in [6.07, 6.45) is 1.94. The molecule has 0 bridgehead atoms. The summed E-state index contributed by atoms with van der Waals surface area (Å²) in [5.41, 5.74) is 2.65. The van der Waals surface area contributed by atoms with Crippen LogP contribution in [-0.4, -0.2) is 32.8 Å². The largest absolute Gasteiger partial charge is 0.381 e. The molecular weight excluding hydrogens is 445 g/mol. The van der Waals surface area contributed by atoms with Crippen molar-refractivity contribution in [2.45, 2.75) is 26.3 Å². The first-order valence-electron chi connectivity index (χ1n) is 8.38. The number of hydrogen-bond donors (Lipinski definition) is 2. The molecule has 138 valence electrons. The van der Waals surface area contributed by atoms with E-state index in [0.29, 0.717) is 0 Å². The number of halogens is 1. The highest BCUT2D eigenvalue weighted by Gasteiger charge is 2.01. The molecule has 25 heavy (non-hydrogen) atoms. The molecule has 0 fully saturated rings. The van der Waals surface area contributed by atoms with Crippen molar-refractivity contribution in [1.29, 1.82) is 0 Å². The highest BCUT2D eigenvalue weighted by molar-refractivity contribution is 14.0. The summed E-state index contributed by atoms with van der Waals surface area (Å²) in [7, 11) is 1.80. The van der Waals surface area contributed by atoms with Crippen LogP contribution in [0.15, 0.2) is 46.8 Å². The van der Waals surface area contributed by atoms with Crippen LogP contribution < -0.4 is 10.6 Å². The summed E-state index contributed by atoms with van der Waals surface area (Å²) in [6.45, 7) is 5.34. The lowest BCUT2D eigenvalue weighted by atomic mass is 10.2. The third kappa shape index (κ3) is 8.69. The normalized spacial score (nSPS) is 11.0. The van der Waals surface area contributed by atoms with Gasteiger partial charge < -0.3 is 15.4 Å². The average molecular weight is 473 g/mol. The van der Waals surface area contributed by atoms with Crippen molar-refractivity contribution in [3.05, 3.63) is 57.8 Å². The maximum Gasteiger partial charge on any atom is 0.191 e. The van der Waals surface area contributed by atoms with Crippen LogP contribution in [-0.2, 0) is 17.7 Å². The van der Waals surface area contributed by atoms with Gasteiger partial charge in [-0.25, -0.2) is 0 Å². The Balaban J connectivity index is 0.00000312. The fourth-order valence-corrected chi connectivity index (χ4v) is 3.13. The lowest BCUT2D eigenvalue weighted by Crippen LogP contribution is -2.37. The van der Waals surface area contributed by atoms with Gasteiger partial charge in [-0.05, 0) is 42.3 Å². The van der Waals surface area contributed by atoms with Crippen LogP contribution in [0.1, 0.15) is 22.4 Å². The SMILES string of the molecule is CN=C(NCCCOCCc1ccccc1)NCc1sccc1C.I. The van der Waals surface area contributed by atoms with Crippen LogP contribution in [0.5, 0.6) is 0 Å². The molecule has 0 atom stereocenters. The van der Waals surface area contributed by atoms with E-state index < -0.39 is 0 Å². The Morgan fingerprint density at radius 1 is 1.12 bits per heavy atom. The maximum atomic E-state index is 5.69. The van der Waals surface area contributed by atoms with E-state index in [4.69, 9.17) is 4.74 Å². The van der Waals surface area contributed by atoms with E-state index >= 15 is 0 Å². The molecule has 0 aliphatic heterocycles. The molecule has 1 aromatic heterocycles. The number of rotatable bonds is 9. The Bertz CT molecular complexity index is 616. The number of thiophene rings is 1. The Morgan fingerprint density at radius 2 is 1.92 bits per heavy atom. The Kier molecular flexibility index (Phi) is 11.5. The number of guanidine groups is 1. The monoisotopic (exact) mass is 473 g/mol. The highest BCUT2D eigenvalue weighted by Crippen LogP contribution is 2.14. The van der Waals surface area contributed by atoms with Crippen LogP contribution in [0.25, 0.3) is 0 Å². The second kappa shape index (κ2) is 13.1. The molecular formula is C19H28IN3OS. The molecule has 0 aliphatic rings. The van der Waals surface area contributed by atoms with Gasteiger partial charge in [-0.1, -0.05) is 30.3 Å². The summed E-state index contributed by atoms with van der Waals surface area (Å²) in [4.78, 5) is 5.60. The minimum Gasteiger partial charge on any atom is -0.381 e. The predicted octanol–water partition coefficient (Wildman–Crippen LogP) is 3.99. The van der Waals surface area contributed by atoms with Crippen LogP contribution in [0.3, 0.4) is 0 Å². The molecule has 0 amide bonds. The molecule has 0 spiro atoms. The van der Waals surface area contributed by atoms with E-state index in [2.05, 4.69) is 58.3 Å². The zero-order valence-corrected chi connectivity index (χ0v) is 18.1. The predicted molar refractivity (Wildman–Crippen MR) is 118 cm³/mol. The number of ether oxygens (including phenoxy) is 1. The number of aryl methyl sites for hydroxylation is 1. The van der Waals surface area contributed by atoms with Gasteiger partial charge in [0.05, 0.1) is 13.2 Å². The first-order valence-corrected chi connectivity index (χ1v) is 9.26. The summed E-state index contributed by atoms with van der Waals surface area (Å²) in [5, 5.41) is 8.79. The molecule has 6 heteroatoms. The van der Waals surface area contributed by atoms with Crippen LogP contribution in [0, 0.1) is 6.92 Å². The molecule has 2 rings (SSSR count). The lowest BCUT2D eigenvalue weighted by molar-refractivity contribution is 0.135. The molecule has 1 aromatic carbocycles. The van der Waals surface area contributed by atoms with E-state index in [1.54, 1.807) is 18.4 Å². The van der Waals surface area contributed by atoms with E-state index in [9.17, 15) is 0 Å². The Hall–Kier alpha value is -1.12. The number of hydrogen-bond acceptors (Lipinski definition) is 3. The molecule has 2 N–H and O–H groups in total. The molecule has 0 saturated carbocycles. The molecule has 0 radical (unpaired) electrons. The second-order valence-electron chi connectivity index (χ2n) is 5.58. The molecule has 0 saturated heterocycles. The van der Waals surface area contributed by atoms with E-state index in [1.165, 1.54) is 16.0 Å². The Morgan fingerprint density at radius 3 is 2.60 bits per heavy atom. The van der Waals surface area contributed by atoms with Gasteiger partial charge >= 0.3 is 0 Å². The van der Waals surface area contributed by atoms with Gasteiger partial charge in [-0.15, -0.1) is 35.3 Å². The van der Waals surface area contributed by atoms with E-state index in [-0.39, 0.29) is 24.0 Å². The quantitative estimate of drug-likeness (QED) is 0.251. The number of nitrogens with zero attached hydrogens (tertiary/aromatic N) is 1. The van der Waals surface area contributed by atoms with Crippen molar-refractivity contribution in [2.75, 3.05) is 26.8 Å². The zero-order chi connectivity index (χ0) is 17.0. The molecule has 4 nitrogen and oxygen atoms in total. The summed E-state index contributed by atoms with van der Waals surface area (Å²) >= 11 is 1.77. The van der Waals surface area contributed by atoms with Crippen LogP contribution in [0.2, 0.25) is 0 Å². The summed E-state index contributed by atoms with van der Waals surface area (Å²) in [6, 6.07) is 12.6. The van der Waals surface area contributed by atoms with Crippen molar-refractivity contribution in [2.24, 2.45) is 4.99 Å². The minimum atomic E-state index is 0. The molecule has 0 unspecified atom stereocenters. The fraction of sp³-hybridized carbons (Fsp3) is 0.421. The van der Waals surface area contributed by atoms with Gasteiger partial charge in [0.1, 0.15) is 0 Å². The van der Waals surface area contributed by atoms with Crippen LogP contribution >= 0.6 is 35.3 Å². The maximum absolute atomic E-state index is 5.69. The van der Waals surface area contributed by atoms with Gasteiger partial charge in [0, 0.05) is 25.1 Å². The standard InChI is InChI=1S/C19H27N3OS.HI/c1-16-10-14-24-18(16)15-22-19(20-2)21-11-6-12-23-13-9-17-7-4-3-5-8-17;/h3-5,7-8,10,14H,6,9,11-13,15H2,1-2H3,(H2,20,21,22);1H. The van der Waals surface area contributed by atoms with Gasteiger partial charge in [0.15, 0.2) is 5.96 Å². The number of benzene rings is 1. The first kappa shape index (κ1) is 21.9. The first-order chi connectivity index (χ1) is 11.8. The average Bonchev–Trinajstić information content (AvgIpc) is 3.02. The number of aliphatic imine (C=N–C) groups is 1. The summed E-state index contributed by atoms with van der Waals surface area (Å²) < 4.78 is 5.69. The third-order valence-electron chi connectivity index (χ3n) is 3.74. The smallest absolute Gasteiger partial charge is 0.191 e. The Labute approximate surface area is 172 Å². The molecule has 1 heterocycles. The second-order valence-corrected chi connectivity index (χ2v) is 6.58. The van der Waals surface area contributed by atoms with Crippen molar-refractivity contribution in [3.63, 3.8) is 0 Å². The van der Waals surface area contributed by atoms with Gasteiger partial charge in [-0.2, -0.15) is 0 Å². The highest BCUT2D eigenvalue weighted by atomic mass is 127. The van der Waals surface area contributed by atoms with Crippen molar-refractivity contribution in [3.8, 4) is 0 Å². The number of nitrogens with one attached hydrogen (secondary N) is 2. The topological polar surface area (TPSA) is 45.7 Å². The van der Waals surface area contributed by atoms with E-state index in [1.807, 2.05) is 6.07 Å². The van der Waals surface area contributed by atoms with Crippen molar-refractivity contribution >= 4 is 41.3 Å². The lowest BCUT2D eigenvalue weighted by Gasteiger charge is -2.11. The van der Waals surface area contributed by atoms with Crippen molar-refractivity contribution in [1.82, 2.24) is 10.6 Å². The molecule has 2 aromatic rings. The van der Waals surface area contributed by atoms with E-state index in [0.717, 1.165) is 45.1 Å². The molecule has 0 aliphatic carbocycles. The third-order valence-corrected chi connectivity index (χ3v) is 4.77. The van der Waals surface area contributed by atoms with Gasteiger partial charge in [-0.3, -0.25) is 4.99 Å². The minimum absolute atomic E-state index is 0. The van der Waals surface area contributed by atoms with Crippen molar-refractivity contribution < 1.29 is 4.74 Å². The fourth-order valence-electron chi connectivity index (χ4n) is 2.29. The zero-order valence-electron chi connectivity index (χ0n) is 15.0. The van der Waals surface area contributed by atoms with Gasteiger partial charge in [0.2, 0.25) is 0 Å². The summed E-state index contributed by atoms with van der Waals surface area (Å²) in [5.74, 6) is 0.840. The van der Waals surface area contributed by atoms with Gasteiger partial charge in [0.25, 0.3) is 0 Å².